The van der Waals surface area contributed by atoms with E-state index in [1.54, 1.807) is 0 Å². The summed E-state index contributed by atoms with van der Waals surface area (Å²) in [5, 5.41) is 0.132. The summed E-state index contributed by atoms with van der Waals surface area (Å²) in [6.45, 7) is 0.144. The molecule has 0 saturated carbocycles. The van der Waals surface area contributed by atoms with Gasteiger partial charge in [0, 0.05) is 12.8 Å². The van der Waals surface area contributed by atoms with Crippen molar-refractivity contribution in [3.05, 3.63) is 45.3 Å². The third-order valence-corrected chi connectivity index (χ3v) is 4.54. The number of carbonyl (C=O) groups is 1. The van der Waals surface area contributed by atoms with Crippen LogP contribution in [0.1, 0.15) is 17.7 Å². The van der Waals surface area contributed by atoms with E-state index in [2.05, 4.69) is 30.6 Å². The van der Waals surface area contributed by atoms with E-state index in [4.69, 9.17) is 11.6 Å². The van der Waals surface area contributed by atoms with Crippen LogP contribution in [0.15, 0.2) is 28.9 Å². The minimum absolute atomic E-state index is 0.132. The summed E-state index contributed by atoms with van der Waals surface area (Å²) < 4.78 is 40.8. The Morgan fingerprint density at radius 2 is 1.88 bits per heavy atom. The van der Waals surface area contributed by atoms with Crippen molar-refractivity contribution in [3.63, 3.8) is 0 Å². The van der Waals surface area contributed by atoms with Gasteiger partial charge in [-0.3, -0.25) is 9.69 Å². The first kappa shape index (κ1) is 17.9. The molecule has 0 atom stereocenters. The number of alkyl halides is 3. The fraction of sp³-hybridized carbons (Fsp3) is 0.267. The van der Waals surface area contributed by atoms with Gasteiger partial charge in [-0.25, -0.2) is 9.97 Å². The smallest absolute Gasteiger partial charge is 0.406 e. The largest absolute Gasteiger partial charge is 0.573 e. The van der Waals surface area contributed by atoms with E-state index in [-0.39, 0.29) is 29.8 Å². The molecule has 0 saturated heterocycles. The molecule has 25 heavy (non-hydrogen) atoms. The lowest BCUT2D eigenvalue weighted by Gasteiger charge is -2.28. The number of amides is 1. The van der Waals surface area contributed by atoms with Gasteiger partial charge in [-0.15, -0.1) is 13.2 Å². The standard InChI is InChI=1S/C15H10BrClF3N3O2/c16-12-13(17)22-14-10(21-12)5-6-11(24)23(14)7-8-1-3-9(4-2-8)25-15(18,19)20/h1-4H,5-7H2. The van der Waals surface area contributed by atoms with Gasteiger partial charge in [0.2, 0.25) is 5.91 Å². The highest BCUT2D eigenvalue weighted by atomic mass is 79.9. The number of anilines is 1. The first-order valence-electron chi connectivity index (χ1n) is 7.10. The van der Waals surface area contributed by atoms with Crippen LogP contribution >= 0.6 is 27.5 Å². The minimum atomic E-state index is -4.75. The van der Waals surface area contributed by atoms with Crippen LogP contribution in [0, 0.1) is 0 Å². The van der Waals surface area contributed by atoms with Crippen molar-refractivity contribution in [3.8, 4) is 5.75 Å². The van der Waals surface area contributed by atoms with E-state index in [1.807, 2.05) is 0 Å². The number of fused-ring (bicyclic) bond motifs is 1. The Bertz CT molecular complexity index is 815. The van der Waals surface area contributed by atoms with Gasteiger partial charge >= 0.3 is 6.36 Å². The van der Waals surface area contributed by atoms with Crippen molar-refractivity contribution >= 4 is 39.3 Å². The maximum absolute atomic E-state index is 12.2. The normalized spacial score (nSPS) is 14.4. The van der Waals surface area contributed by atoms with Crippen molar-refractivity contribution in [1.29, 1.82) is 0 Å². The number of hydrogen-bond acceptors (Lipinski definition) is 4. The molecule has 2 aromatic rings. The molecule has 1 aliphatic rings. The number of carbonyl (C=O) groups excluding carboxylic acids is 1. The van der Waals surface area contributed by atoms with E-state index >= 15 is 0 Å². The second kappa shape index (κ2) is 6.80. The lowest BCUT2D eigenvalue weighted by molar-refractivity contribution is -0.274. The highest BCUT2D eigenvalue weighted by Crippen LogP contribution is 2.31. The summed E-state index contributed by atoms with van der Waals surface area (Å²) in [6.07, 6.45) is -4.03. The predicted octanol–water partition coefficient (Wildman–Crippen LogP) is 4.27. The second-order valence-corrected chi connectivity index (χ2v) is 6.36. The van der Waals surface area contributed by atoms with E-state index in [0.29, 0.717) is 28.1 Å². The van der Waals surface area contributed by atoms with Gasteiger partial charge in [-0.2, -0.15) is 0 Å². The summed E-state index contributed by atoms with van der Waals surface area (Å²) in [4.78, 5) is 22.1. The van der Waals surface area contributed by atoms with Gasteiger partial charge < -0.3 is 4.74 Å². The van der Waals surface area contributed by atoms with Gasteiger partial charge in [0.1, 0.15) is 10.4 Å². The number of rotatable bonds is 3. The van der Waals surface area contributed by atoms with Crippen molar-refractivity contribution in [1.82, 2.24) is 9.97 Å². The quantitative estimate of drug-likeness (QED) is 0.721. The van der Waals surface area contributed by atoms with Gasteiger partial charge in [0.05, 0.1) is 12.2 Å². The number of aryl methyl sites for hydroxylation is 1. The molecule has 0 spiro atoms. The second-order valence-electron chi connectivity index (χ2n) is 5.25. The van der Waals surface area contributed by atoms with Gasteiger partial charge in [-0.1, -0.05) is 23.7 Å². The number of halogens is 5. The van der Waals surface area contributed by atoms with E-state index in [9.17, 15) is 18.0 Å². The fourth-order valence-electron chi connectivity index (χ4n) is 2.42. The van der Waals surface area contributed by atoms with Crippen molar-refractivity contribution < 1.29 is 22.7 Å². The molecule has 0 radical (unpaired) electrons. The Morgan fingerprint density at radius 1 is 1.20 bits per heavy atom. The summed E-state index contributed by atoms with van der Waals surface area (Å²) in [6, 6.07) is 5.30. The first-order valence-corrected chi connectivity index (χ1v) is 8.27. The zero-order chi connectivity index (χ0) is 18.2. The average molecular weight is 437 g/mol. The summed E-state index contributed by atoms with van der Waals surface area (Å²) >= 11 is 9.16. The van der Waals surface area contributed by atoms with Crippen LogP contribution in [0.3, 0.4) is 0 Å². The van der Waals surface area contributed by atoms with E-state index in [0.717, 1.165) is 0 Å². The predicted molar refractivity (Wildman–Crippen MR) is 87.4 cm³/mol. The van der Waals surface area contributed by atoms with Gasteiger partial charge in [-0.05, 0) is 33.6 Å². The van der Waals surface area contributed by atoms with Crippen LogP contribution in [0.2, 0.25) is 5.15 Å². The highest BCUT2D eigenvalue weighted by Gasteiger charge is 2.31. The van der Waals surface area contributed by atoms with Crippen LogP contribution in [0.4, 0.5) is 19.0 Å². The first-order chi connectivity index (χ1) is 11.7. The fourth-order valence-corrected chi connectivity index (χ4v) is 2.85. The monoisotopic (exact) mass is 435 g/mol. The topological polar surface area (TPSA) is 55.3 Å². The molecule has 1 aliphatic heterocycles. The molecule has 1 aromatic heterocycles. The highest BCUT2D eigenvalue weighted by molar-refractivity contribution is 9.10. The molecule has 0 bridgehead atoms. The maximum Gasteiger partial charge on any atom is 0.573 e. The van der Waals surface area contributed by atoms with Gasteiger partial charge in [0.25, 0.3) is 0 Å². The Morgan fingerprint density at radius 3 is 2.52 bits per heavy atom. The molecule has 5 nitrogen and oxygen atoms in total. The summed E-state index contributed by atoms with van der Waals surface area (Å²) in [7, 11) is 0. The Hall–Kier alpha value is -1.87. The minimum Gasteiger partial charge on any atom is -0.406 e. The molecule has 132 valence electrons. The van der Waals surface area contributed by atoms with E-state index < -0.39 is 6.36 Å². The zero-order valence-corrected chi connectivity index (χ0v) is 14.8. The molecule has 3 rings (SSSR count). The number of benzene rings is 1. The number of hydrogen-bond donors (Lipinski definition) is 0. The Kier molecular flexibility index (Phi) is 4.88. The molecular weight excluding hydrogens is 427 g/mol. The third kappa shape index (κ3) is 4.21. The molecule has 2 heterocycles. The van der Waals surface area contributed by atoms with Crippen LogP contribution < -0.4 is 9.64 Å². The Labute approximate surface area is 153 Å². The Balaban J connectivity index is 1.83. The number of aromatic nitrogens is 2. The van der Waals surface area contributed by atoms with Gasteiger partial charge in [0.15, 0.2) is 11.0 Å². The molecule has 0 N–H and O–H groups in total. The SMILES string of the molecule is O=C1CCc2nc(Br)c(Cl)nc2N1Cc1ccc(OC(F)(F)F)cc1. The third-order valence-electron chi connectivity index (χ3n) is 3.50. The lowest BCUT2D eigenvalue weighted by atomic mass is 10.1. The number of nitrogens with zero attached hydrogens (tertiary/aromatic N) is 3. The molecule has 0 fully saturated rings. The van der Waals surface area contributed by atoms with Crippen molar-refractivity contribution in [2.45, 2.75) is 25.7 Å². The van der Waals surface area contributed by atoms with Crippen LogP contribution in [-0.4, -0.2) is 22.2 Å². The molecule has 10 heteroatoms. The number of ether oxygens (including phenoxy) is 1. The van der Waals surface area contributed by atoms with Crippen LogP contribution in [0.5, 0.6) is 5.75 Å². The lowest BCUT2D eigenvalue weighted by Crippen LogP contribution is -2.36. The van der Waals surface area contributed by atoms with Crippen molar-refractivity contribution in [2.24, 2.45) is 0 Å². The summed E-state index contributed by atoms with van der Waals surface area (Å²) in [5.41, 5.74) is 1.25. The van der Waals surface area contributed by atoms with Crippen LogP contribution in [-0.2, 0) is 17.8 Å². The molecule has 0 unspecified atom stereocenters. The summed E-state index contributed by atoms with van der Waals surface area (Å²) in [5.74, 6) is -0.121. The van der Waals surface area contributed by atoms with Crippen LogP contribution in [0.25, 0.3) is 0 Å². The molecule has 1 amide bonds. The average Bonchev–Trinajstić information content (AvgIpc) is 2.52. The molecular formula is C15H10BrClF3N3O2. The maximum atomic E-state index is 12.2. The van der Waals surface area contributed by atoms with Crippen molar-refractivity contribution in [2.75, 3.05) is 4.90 Å². The molecule has 1 aromatic carbocycles. The molecule has 0 aliphatic carbocycles. The zero-order valence-electron chi connectivity index (χ0n) is 12.5. The van der Waals surface area contributed by atoms with E-state index in [1.165, 1.54) is 29.2 Å².